The van der Waals surface area contributed by atoms with Crippen molar-refractivity contribution in [1.82, 2.24) is 0 Å². The van der Waals surface area contributed by atoms with E-state index < -0.39 is 0 Å². The summed E-state index contributed by atoms with van der Waals surface area (Å²) in [5.74, 6) is 0.357. The SMILES string of the molecule is CCCC(C)COC(=O)c1ccc(-c2ccc(O)cc2)cc1. The monoisotopic (exact) mass is 298 g/mol. The summed E-state index contributed by atoms with van der Waals surface area (Å²) in [6.07, 6.45) is 2.16. The summed E-state index contributed by atoms with van der Waals surface area (Å²) in [6.45, 7) is 4.68. The van der Waals surface area contributed by atoms with Crippen molar-refractivity contribution in [2.75, 3.05) is 6.61 Å². The summed E-state index contributed by atoms with van der Waals surface area (Å²) in [5.41, 5.74) is 2.55. The van der Waals surface area contributed by atoms with Crippen LogP contribution in [0.1, 0.15) is 37.0 Å². The summed E-state index contributed by atoms with van der Waals surface area (Å²) < 4.78 is 5.33. The van der Waals surface area contributed by atoms with Gasteiger partial charge in [0.1, 0.15) is 5.75 Å². The van der Waals surface area contributed by atoms with Crippen molar-refractivity contribution in [2.45, 2.75) is 26.7 Å². The van der Waals surface area contributed by atoms with E-state index in [4.69, 9.17) is 4.74 Å². The molecule has 1 atom stereocenters. The first kappa shape index (κ1) is 16.1. The van der Waals surface area contributed by atoms with Crippen LogP contribution in [0.3, 0.4) is 0 Å². The molecule has 0 bridgehead atoms. The molecule has 0 aromatic heterocycles. The van der Waals surface area contributed by atoms with E-state index in [1.165, 1.54) is 0 Å². The minimum Gasteiger partial charge on any atom is -0.508 e. The number of hydrogen-bond donors (Lipinski definition) is 1. The molecule has 0 aliphatic carbocycles. The summed E-state index contributed by atoms with van der Waals surface area (Å²) in [5, 5.41) is 9.30. The highest BCUT2D eigenvalue weighted by Gasteiger charge is 2.10. The van der Waals surface area contributed by atoms with Crippen LogP contribution in [-0.4, -0.2) is 17.7 Å². The predicted octanol–water partition coefficient (Wildman–Crippen LogP) is 4.65. The van der Waals surface area contributed by atoms with Crippen molar-refractivity contribution >= 4 is 5.97 Å². The van der Waals surface area contributed by atoms with Crippen molar-refractivity contribution in [2.24, 2.45) is 5.92 Å². The Morgan fingerprint density at radius 3 is 2.14 bits per heavy atom. The molecule has 1 unspecified atom stereocenters. The summed E-state index contributed by atoms with van der Waals surface area (Å²) in [7, 11) is 0. The molecule has 1 N–H and O–H groups in total. The van der Waals surface area contributed by atoms with Gasteiger partial charge >= 0.3 is 5.97 Å². The first-order valence-electron chi connectivity index (χ1n) is 7.66. The molecular formula is C19H22O3. The van der Waals surface area contributed by atoms with Crippen molar-refractivity contribution in [3.63, 3.8) is 0 Å². The van der Waals surface area contributed by atoms with E-state index in [0.29, 0.717) is 18.1 Å². The quantitative estimate of drug-likeness (QED) is 0.789. The average molecular weight is 298 g/mol. The van der Waals surface area contributed by atoms with Crippen LogP contribution in [0.15, 0.2) is 48.5 Å². The molecule has 0 saturated heterocycles. The number of aromatic hydroxyl groups is 1. The number of phenols is 1. The smallest absolute Gasteiger partial charge is 0.338 e. The van der Waals surface area contributed by atoms with Crippen LogP contribution >= 0.6 is 0 Å². The molecule has 0 saturated carbocycles. The largest absolute Gasteiger partial charge is 0.508 e. The molecule has 0 radical (unpaired) electrons. The number of carbonyl (C=O) groups excluding carboxylic acids is 1. The second kappa shape index (κ2) is 7.64. The van der Waals surface area contributed by atoms with Gasteiger partial charge < -0.3 is 9.84 Å². The molecule has 0 amide bonds. The van der Waals surface area contributed by atoms with E-state index >= 15 is 0 Å². The molecule has 0 heterocycles. The van der Waals surface area contributed by atoms with E-state index in [-0.39, 0.29) is 11.7 Å². The van der Waals surface area contributed by atoms with Crippen molar-refractivity contribution < 1.29 is 14.6 Å². The number of ether oxygens (including phenoxy) is 1. The maximum atomic E-state index is 12.0. The van der Waals surface area contributed by atoms with Crippen LogP contribution in [0.2, 0.25) is 0 Å². The van der Waals surface area contributed by atoms with E-state index in [0.717, 1.165) is 24.0 Å². The van der Waals surface area contributed by atoms with Gasteiger partial charge in [-0.1, -0.05) is 44.5 Å². The Bertz CT molecular complexity index is 600. The van der Waals surface area contributed by atoms with Gasteiger partial charge in [0.25, 0.3) is 0 Å². The molecular weight excluding hydrogens is 276 g/mol. The number of hydrogen-bond acceptors (Lipinski definition) is 3. The van der Waals surface area contributed by atoms with E-state index in [1.54, 1.807) is 24.3 Å². The highest BCUT2D eigenvalue weighted by Crippen LogP contribution is 2.22. The fourth-order valence-electron chi connectivity index (χ4n) is 2.33. The molecule has 3 heteroatoms. The zero-order chi connectivity index (χ0) is 15.9. The molecule has 0 spiro atoms. The molecule has 2 aromatic rings. The van der Waals surface area contributed by atoms with Gasteiger partial charge in [0, 0.05) is 0 Å². The number of benzene rings is 2. The summed E-state index contributed by atoms with van der Waals surface area (Å²) in [4.78, 5) is 12.0. The minimum absolute atomic E-state index is 0.241. The van der Waals surface area contributed by atoms with E-state index in [9.17, 15) is 9.90 Å². The van der Waals surface area contributed by atoms with E-state index in [2.05, 4.69) is 13.8 Å². The van der Waals surface area contributed by atoms with Crippen LogP contribution < -0.4 is 0 Å². The first-order valence-corrected chi connectivity index (χ1v) is 7.66. The van der Waals surface area contributed by atoms with Crippen LogP contribution in [0.4, 0.5) is 0 Å². The molecule has 0 aliphatic rings. The van der Waals surface area contributed by atoms with Crippen molar-refractivity contribution in [3.8, 4) is 16.9 Å². The minimum atomic E-state index is -0.278. The van der Waals surface area contributed by atoms with Gasteiger partial charge in [-0.25, -0.2) is 4.79 Å². The van der Waals surface area contributed by atoms with Gasteiger partial charge in [0.2, 0.25) is 0 Å². The van der Waals surface area contributed by atoms with Gasteiger partial charge in [0.15, 0.2) is 0 Å². The normalized spacial score (nSPS) is 11.9. The molecule has 0 aliphatic heterocycles. The van der Waals surface area contributed by atoms with Gasteiger partial charge in [-0.15, -0.1) is 0 Å². The van der Waals surface area contributed by atoms with Crippen LogP contribution in [-0.2, 0) is 4.74 Å². The fourth-order valence-corrected chi connectivity index (χ4v) is 2.33. The Kier molecular flexibility index (Phi) is 5.59. The summed E-state index contributed by atoms with van der Waals surface area (Å²) >= 11 is 0. The van der Waals surface area contributed by atoms with Crippen molar-refractivity contribution in [3.05, 3.63) is 54.1 Å². The summed E-state index contributed by atoms with van der Waals surface area (Å²) in [6, 6.07) is 14.3. The second-order valence-corrected chi connectivity index (χ2v) is 5.62. The maximum Gasteiger partial charge on any atom is 0.338 e. The molecule has 3 nitrogen and oxygen atoms in total. The van der Waals surface area contributed by atoms with Crippen LogP contribution in [0, 0.1) is 5.92 Å². The first-order chi connectivity index (χ1) is 10.6. The van der Waals surface area contributed by atoms with Crippen LogP contribution in [0.5, 0.6) is 5.75 Å². The third-order valence-corrected chi connectivity index (χ3v) is 3.60. The predicted molar refractivity (Wildman–Crippen MR) is 87.9 cm³/mol. The van der Waals surface area contributed by atoms with Gasteiger partial charge in [0.05, 0.1) is 12.2 Å². The lowest BCUT2D eigenvalue weighted by Gasteiger charge is -2.11. The highest BCUT2D eigenvalue weighted by atomic mass is 16.5. The highest BCUT2D eigenvalue weighted by molar-refractivity contribution is 5.90. The second-order valence-electron chi connectivity index (χ2n) is 5.62. The molecule has 22 heavy (non-hydrogen) atoms. The Balaban J connectivity index is 1.99. The van der Waals surface area contributed by atoms with Crippen molar-refractivity contribution in [1.29, 1.82) is 0 Å². The van der Waals surface area contributed by atoms with Gasteiger partial charge in [-0.2, -0.15) is 0 Å². The van der Waals surface area contributed by atoms with Gasteiger partial charge in [-0.05, 0) is 47.7 Å². The fraction of sp³-hybridized carbons (Fsp3) is 0.316. The number of phenolic OH excluding ortho intramolecular Hbond substituents is 1. The molecule has 116 valence electrons. The Morgan fingerprint density at radius 2 is 1.59 bits per heavy atom. The zero-order valence-electron chi connectivity index (χ0n) is 13.1. The Hall–Kier alpha value is -2.29. The number of carbonyl (C=O) groups is 1. The number of esters is 1. The van der Waals surface area contributed by atoms with Gasteiger partial charge in [-0.3, -0.25) is 0 Å². The third kappa shape index (κ3) is 4.35. The number of rotatable bonds is 6. The van der Waals surface area contributed by atoms with E-state index in [1.807, 2.05) is 24.3 Å². The topological polar surface area (TPSA) is 46.5 Å². The lowest BCUT2D eigenvalue weighted by atomic mass is 10.0. The molecule has 2 aromatic carbocycles. The Labute approximate surface area is 131 Å². The third-order valence-electron chi connectivity index (χ3n) is 3.60. The molecule has 2 rings (SSSR count). The Morgan fingerprint density at radius 1 is 1.05 bits per heavy atom. The standard InChI is InChI=1S/C19H22O3/c1-3-4-14(2)13-22-19(21)17-7-5-15(6-8-17)16-9-11-18(20)12-10-16/h5-12,14,20H,3-4,13H2,1-2H3. The lowest BCUT2D eigenvalue weighted by Crippen LogP contribution is -2.12. The molecule has 0 fully saturated rings. The maximum absolute atomic E-state index is 12.0. The average Bonchev–Trinajstić information content (AvgIpc) is 2.54. The zero-order valence-corrected chi connectivity index (χ0v) is 13.1. The van der Waals surface area contributed by atoms with Crippen LogP contribution in [0.25, 0.3) is 11.1 Å². The lowest BCUT2D eigenvalue weighted by molar-refractivity contribution is 0.0443.